The summed E-state index contributed by atoms with van der Waals surface area (Å²) in [4.78, 5) is 10.2. The van der Waals surface area contributed by atoms with Crippen molar-refractivity contribution in [3.63, 3.8) is 0 Å². The highest BCUT2D eigenvalue weighted by atomic mass is 79.9. The van der Waals surface area contributed by atoms with Crippen LogP contribution in [0.1, 0.15) is 12.0 Å². The standard InChI is InChI=1S/C10H9BrO/c1-8(6-7-12)9-2-4-10(11)5-3-9/h2-5,7H,1,6H2. The quantitative estimate of drug-likeness (QED) is 0.722. The first kappa shape index (κ1) is 9.20. The van der Waals surface area contributed by atoms with Crippen LogP contribution in [0.2, 0.25) is 0 Å². The maximum Gasteiger partial charge on any atom is 0.124 e. The van der Waals surface area contributed by atoms with Crippen molar-refractivity contribution in [1.29, 1.82) is 0 Å². The van der Waals surface area contributed by atoms with Crippen LogP contribution in [0, 0.1) is 0 Å². The van der Waals surface area contributed by atoms with Gasteiger partial charge in [-0.25, -0.2) is 0 Å². The van der Waals surface area contributed by atoms with Crippen molar-refractivity contribution < 1.29 is 4.79 Å². The van der Waals surface area contributed by atoms with E-state index in [0.717, 1.165) is 21.9 Å². The second-order valence-corrected chi connectivity index (χ2v) is 3.40. The number of aldehydes is 1. The molecule has 0 bridgehead atoms. The minimum atomic E-state index is 0.404. The van der Waals surface area contributed by atoms with E-state index in [4.69, 9.17) is 0 Å². The zero-order chi connectivity index (χ0) is 8.97. The van der Waals surface area contributed by atoms with E-state index in [1.54, 1.807) is 0 Å². The molecular weight excluding hydrogens is 216 g/mol. The average Bonchev–Trinajstić information content (AvgIpc) is 2.06. The summed E-state index contributed by atoms with van der Waals surface area (Å²) in [5.74, 6) is 0. The van der Waals surface area contributed by atoms with Gasteiger partial charge in [0.25, 0.3) is 0 Å². The van der Waals surface area contributed by atoms with Crippen molar-refractivity contribution in [2.75, 3.05) is 0 Å². The number of rotatable bonds is 3. The summed E-state index contributed by atoms with van der Waals surface area (Å²) in [6.07, 6.45) is 1.27. The van der Waals surface area contributed by atoms with Crippen LogP contribution in [0.15, 0.2) is 35.3 Å². The van der Waals surface area contributed by atoms with E-state index in [2.05, 4.69) is 22.5 Å². The molecule has 1 rings (SSSR count). The smallest absolute Gasteiger partial charge is 0.124 e. The third kappa shape index (κ3) is 2.31. The number of hydrogen-bond acceptors (Lipinski definition) is 1. The Morgan fingerprint density at radius 2 is 2.00 bits per heavy atom. The fraction of sp³-hybridized carbons (Fsp3) is 0.100. The average molecular weight is 225 g/mol. The zero-order valence-corrected chi connectivity index (χ0v) is 8.17. The Bertz CT molecular complexity index is 287. The minimum absolute atomic E-state index is 0.404. The van der Waals surface area contributed by atoms with Crippen molar-refractivity contribution in [2.45, 2.75) is 6.42 Å². The maximum atomic E-state index is 10.2. The molecule has 0 heterocycles. The molecule has 1 aromatic carbocycles. The van der Waals surface area contributed by atoms with Gasteiger partial charge in [0.2, 0.25) is 0 Å². The Balaban J connectivity index is 2.82. The first-order chi connectivity index (χ1) is 5.74. The molecule has 0 fully saturated rings. The Morgan fingerprint density at radius 1 is 1.42 bits per heavy atom. The molecule has 1 nitrogen and oxygen atoms in total. The van der Waals surface area contributed by atoms with E-state index < -0.39 is 0 Å². The normalized spacial score (nSPS) is 9.42. The predicted molar refractivity (Wildman–Crippen MR) is 53.9 cm³/mol. The molecule has 0 N–H and O–H groups in total. The number of allylic oxidation sites excluding steroid dienone is 1. The molecule has 0 aliphatic heterocycles. The van der Waals surface area contributed by atoms with Crippen molar-refractivity contribution in [3.8, 4) is 0 Å². The Kier molecular flexibility index (Phi) is 3.23. The van der Waals surface area contributed by atoms with Crippen LogP contribution in [-0.4, -0.2) is 6.29 Å². The fourth-order valence-corrected chi connectivity index (χ4v) is 1.17. The summed E-state index contributed by atoms with van der Waals surface area (Å²) in [6, 6.07) is 7.75. The molecule has 0 spiro atoms. The Labute approximate surface area is 80.2 Å². The Hall–Kier alpha value is -0.890. The molecule has 0 saturated carbocycles. The topological polar surface area (TPSA) is 17.1 Å². The summed E-state index contributed by atoms with van der Waals surface area (Å²) >= 11 is 3.33. The van der Waals surface area contributed by atoms with Crippen LogP contribution in [0.4, 0.5) is 0 Å². The number of halogens is 1. The molecule has 0 saturated heterocycles. The van der Waals surface area contributed by atoms with Crippen molar-refractivity contribution in [1.82, 2.24) is 0 Å². The molecule has 0 amide bonds. The third-order valence-electron chi connectivity index (χ3n) is 1.58. The molecule has 0 aromatic heterocycles. The molecule has 2 heteroatoms. The molecule has 12 heavy (non-hydrogen) atoms. The van der Waals surface area contributed by atoms with Crippen LogP contribution >= 0.6 is 15.9 Å². The van der Waals surface area contributed by atoms with Gasteiger partial charge in [-0.15, -0.1) is 0 Å². The van der Waals surface area contributed by atoms with Crippen LogP contribution < -0.4 is 0 Å². The predicted octanol–water partition coefficient (Wildman–Crippen LogP) is 3.05. The third-order valence-corrected chi connectivity index (χ3v) is 2.11. The highest BCUT2D eigenvalue weighted by Gasteiger charge is 1.96. The van der Waals surface area contributed by atoms with Gasteiger partial charge in [-0.2, -0.15) is 0 Å². The van der Waals surface area contributed by atoms with E-state index in [-0.39, 0.29) is 0 Å². The largest absolute Gasteiger partial charge is 0.303 e. The lowest BCUT2D eigenvalue weighted by Crippen LogP contribution is -1.82. The lowest BCUT2D eigenvalue weighted by Gasteiger charge is -2.00. The number of carbonyl (C=O) groups excluding carboxylic acids is 1. The summed E-state index contributed by atoms with van der Waals surface area (Å²) in [7, 11) is 0. The Morgan fingerprint density at radius 3 is 2.50 bits per heavy atom. The zero-order valence-electron chi connectivity index (χ0n) is 6.59. The molecule has 1 aromatic rings. The van der Waals surface area contributed by atoms with Gasteiger partial charge >= 0.3 is 0 Å². The van der Waals surface area contributed by atoms with Gasteiger partial charge in [0.05, 0.1) is 0 Å². The summed E-state index contributed by atoms with van der Waals surface area (Å²) in [5, 5.41) is 0. The van der Waals surface area contributed by atoms with Gasteiger partial charge in [-0.1, -0.05) is 34.6 Å². The van der Waals surface area contributed by atoms with Crippen LogP contribution in [0.25, 0.3) is 5.57 Å². The van der Waals surface area contributed by atoms with Crippen molar-refractivity contribution in [2.24, 2.45) is 0 Å². The first-order valence-electron chi connectivity index (χ1n) is 3.61. The molecule has 0 unspecified atom stereocenters. The summed E-state index contributed by atoms with van der Waals surface area (Å²) < 4.78 is 1.03. The van der Waals surface area contributed by atoms with Gasteiger partial charge in [0.15, 0.2) is 0 Å². The number of hydrogen-bond donors (Lipinski definition) is 0. The second kappa shape index (κ2) is 4.21. The molecule has 0 radical (unpaired) electrons. The van der Waals surface area contributed by atoms with E-state index in [0.29, 0.717) is 6.42 Å². The van der Waals surface area contributed by atoms with Gasteiger partial charge in [0, 0.05) is 10.9 Å². The first-order valence-corrected chi connectivity index (χ1v) is 4.40. The van der Waals surface area contributed by atoms with Gasteiger partial charge in [-0.05, 0) is 23.3 Å². The molecule has 0 aliphatic carbocycles. The summed E-state index contributed by atoms with van der Waals surface area (Å²) in [5.41, 5.74) is 1.88. The maximum absolute atomic E-state index is 10.2. The molecule has 0 atom stereocenters. The molecule has 62 valence electrons. The van der Waals surface area contributed by atoms with Gasteiger partial charge in [0.1, 0.15) is 6.29 Å². The van der Waals surface area contributed by atoms with Gasteiger partial charge in [-0.3, -0.25) is 0 Å². The van der Waals surface area contributed by atoms with Crippen molar-refractivity contribution >= 4 is 27.8 Å². The van der Waals surface area contributed by atoms with E-state index in [9.17, 15) is 4.79 Å². The lowest BCUT2D eigenvalue weighted by atomic mass is 10.1. The SMILES string of the molecule is C=C(CC=O)c1ccc(Br)cc1. The van der Waals surface area contributed by atoms with E-state index in [1.807, 2.05) is 24.3 Å². The van der Waals surface area contributed by atoms with Crippen LogP contribution in [-0.2, 0) is 4.79 Å². The number of carbonyl (C=O) groups is 1. The van der Waals surface area contributed by atoms with Crippen molar-refractivity contribution in [3.05, 3.63) is 40.9 Å². The monoisotopic (exact) mass is 224 g/mol. The second-order valence-electron chi connectivity index (χ2n) is 2.48. The number of benzene rings is 1. The highest BCUT2D eigenvalue weighted by molar-refractivity contribution is 9.10. The minimum Gasteiger partial charge on any atom is -0.303 e. The van der Waals surface area contributed by atoms with Gasteiger partial charge < -0.3 is 4.79 Å². The van der Waals surface area contributed by atoms with Crippen LogP contribution in [0.5, 0.6) is 0 Å². The molecular formula is C10H9BrO. The fourth-order valence-electron chi connectivity index (χ4n) is 0.904. The summed E-state index contributed by atoms with van der Waals surface area (Å²) in [6.45, 7) is 3.80. The lowest BCUT2D eigenvalue weighted by molar-refractivity contribution is -0.107. The van der Waals surface area contributed by atoms with E-state index >= 15 is 0 Å². The highest BCUT2D eigenvalue weighted by Crippen LogP contribution is 2.17. The van der Waals surface area contributed by atoms with E-state index in [1.165, 1.54) is 0 Å². The van der Waals surface area contributed by atoms with Crippen LogP contribution in [0.3, 0.4) is 0 Å². The molecule has 0 aliphatic rings.